The zero-order chi connectivity index (χ0) is 18.6. The SMILES string of the molecule is Cc1ccc(N2N=N[C@H]3C(=O)N(c4ccc(F)c(F)c4)C(=O)[C@H]32)cc1F. The fraction of sp³-hybridized carbons (Fsp3) is 0.176. The Morgan fingerprint density at radius 1 is 0.885 bits per heavy atom. The van der Waals surface area contributed by atoms with Crippen LogP contribution in [0, 0.1) is 24.4 Å². The van der Waals surface area contributed by atoms with Gasteiger partial charge in [-0.05, 0) is 36.8 Å². The van der Waals surface area contributed by atoms with Crippen molar-refractivity contribution in [3.8, 4) is 0 Å². The summed E-state index contributed by atoms with van der Waals surface area (Å²) in [6.45, 7) is 1.59. The van der Waals surface area contributed by atoms with Gasteiger partial charge < -0.3 is 0 Å². The molecule has 0 bridgehead atoms. The molecule has 0 saturated carbocycles. The van der Waals surface area contributed by atoms with E-state index in [1.54, 1.807) is 13.0 Å². The highest BCUT2D eigenvalue weighted by Crippen LogP contribution is 2.35. The number of rotatable bonds is 2. The Balaban J connectivity index is 1.71. The maximum absolute atomic E-state index is 13.8. The quantitative estimate of drug-likeness (QED) is 0.774. The van der Waals surface area contributed by atoms with Crippen LogP contribution < -0.4 is 9.91 Å². The van der Waals surface area contributed by atoms with Crippen molar-refractivity contribution in [2.75, 3.05) is 9.91 Å². The van der Waals surface area contributed by atoms with Crippen LogP contribution in [0.15, 0.2) is 46.7 Å². The lowest BCUT2D eigenvalue weighted by molar-refractivity contribution is -0.121. The number of anilines is 2. The van der Waals surface area contributed by atoms with Crippen LogP contribution in [0.3, 0.4) is 0 Å². The molecule has 132 valence electrons. The molecule has 2 aliphatic heterocycles. The first kappa shape index (κ1) is 16.2. The lowest BCUT2D eigenvalue weighted by Gasteiger charge is -2.21. The monoisotopic (exact) mass is 360 g/mol. The van der Waals surface area contributed by atoms with E-state index in [0.717, 1.165) is 28.1 Å². The van der Waals surface area contributed by atoms with Crippen molar-refractivity contribution in [3.05, 3.63) is 59.4 Å². The molecule has 9 heteroatoms. The fourth-order valence-corrected chi connectivity index (χ4v) is 2.98. The van der Waals surface area contributed by atoms with Crippen molar-refractivity contribution in [1.82, 2.24) is 0 Å². The maximum Gasteiger partial charge on any atom is 0.263 e. The first-order valence-electron chi connectivity index (χ1n) is 7.67. The minimum atomic E-state index is -1.18. The van der Waals surface area contributed by atoms with Crippen LogP contribution in [-0.2, 0) is 9.59 Å². The van der Waals surface area contributed by atoms with Gasteiger partial charge in [-0.3, -0.25) is 9.59 Å². The number of carbonyl (C=O) groups is 2. The molecule has 1 fully saturated rings. The minimum absolute atomic E-state index is 0.0986. The number of hydrogen-bond donors (Lipinski definition) is 0. The third-order valence-corrected chi connectivity index (χ3v) is 4.36. The van der Waals surface area contributed by atoms with Gasteiger partial charge in [0.1, 0.15) is 5.82 Å². The molecule has 2 aromatic rings. The first-order chi connectivity index (χ1) is 12.4. The first-order valence-corrected chi connectivity index (χ1v) is 7.67. The third kappa shape index (κ3) is 2.27. The molecule has 0 N–H and O–H groups in total. The number of benzene rings is 2. The van der Waals surface area contributed by atoms with Crippen LogP contribution in [0.4, 0.5) is 24.5 Å². The molecule has 2 atom stereocenters. The second-order valence-electron chi connectivity index (χ2n) is 5.98. The van der Waals surface area contributed by atoms with Crippen molar-refractivity contribution in [2.24, 2.45) is 10.3 Å². The van der Waals surface area contributed by atoms with E-state index in [9.17, 15) is 22.8 Å². The van der Waals surface area contributed by atoms with Crippen LogP contribution in [-0.4, -0.2) is 23.9 Å². The topological polar surface area (TPSA) is 65.3 Å². The molecule has 26 heavy (non-hydrogen) atoms. The Morgan fingerprint density at radius 2 is 1.58 bits per heavy atom. The predicted molar refractivity (Wildman–Crippen MR) is 84.9 cm³/mol. The van der Waals surface area contributed by atoms with Crippen molar-refractivity contribution in [3.63, 3.8) is 0 Å². The van der Waals surface area contributed by atoms with Crippen molar-refractivity contribution in [1.29, 1.82) is 0 Å². The van der Waals surface area contributed by atoms with Gasteiger partial charge in [-0.25, -0.2) is 23.1 Å². The summed E-state index contributed by atoms with van der Waals surface area (Å²) in [6, 6.07) is 4.75. The van der Waals surface area contributed by atoms with E-state index >= 15 is 0 Å². The smallest absolute Gasteiger partial charge is 0.263 e. The summed E-state index contributed by atoms with van der Waals surface area (Å²) in [5, 5.41) is 8.77. The molecule has 2 amide bonds. The van der Waals surface area contributed by atoms with E-state index in [1.165, 1.54) is 12.1 Å². The van der Waals surface area contributed by atoms with Gasteiger partial charge in [0.2, 0.25) is 0 Å². The van der Waals surface area contributed by atoms with Crippen LogP contribution in [0.25, 0.3) is 0 Å². The van der Waals surface area contributed by atoms with Gasteiger partial charge in [-0.15, -0.1) is 0 Å². The van der Waals surface area contributed by atoms with E-state index in [-0.39, 0.29) is 11.4 Å². The third-order valence-electron chi connectivity index (χ3n) is 4.36. The average Bonchev–Trinajstić information content (AvgIpc) is 3.14. The van der Waals surface area contributed by atoms with Crippen molar-refractivity contribution < 1.29 is 22.8 Å². The minimum Gasteiger partial charge on any atom is -0.271 e. The van der Waals surface area contributed by atoms with Crippen LogP contribution in [0.2, 0.25) is 0 Å². The molecule has 6 nitrogen and oxygen atoms in total. The Labute approximate surface area is 145 Å². The second kappa shape index (κ2) is 5.65. The lowest BCUT2D eigenvalue weighted by Crippen LogP contribution is -2.40. The van der Waals surface area contributed by atoms with E-state index in [0.29, 0.717) is 5.56 Å². The van der Waals surface area contributed by atoms with Crippen LogP contribution in [0.1, 0.15) is 5.56 Å². The highest BCUT2D eigenvalue weighted by Gasteiger charge is 2.55. The number of halogens is 3. The van der Waals surface area contributed by atoms with Gasteiger partial charge in [0.25, 0.3) is 11.8 Å². The number of imide groups is 1. The lowest BCUT2D eigenvalue weighted by atomic mass is 10.1. The molecule has 1 saturated heterocycles. The standard InChI is InChI=1S/C17H11F3N4O2/c1-8-2-3-10(7-12(8)19)24-15-14(21-22-24)16(25)23(17(15)26)9-4-5-11(18)13(20)6-9/h2-7,14-15H,1H3/t14-,15+/m1/s1. The van der Waals surface area contributed by atoms with Gasteiger partial charge in [-0.1, -0.05) is 11.3 Å². The molecule has 2 aliphatic rings. The zero-order valence-electron chi connectivity index (χ0n) is 13.4. The molecule has 2 heterocycles. The maximum atomic E-state index is 13.8. The van der Waals surface area contributed by atoms with Crippen LogP contribution in [0.5, 0.6) is 0 Å². The second-order valence-corrected chi connectivity index (χ2v) is 5.98. The van der Waals surface area contributed by atoms with Crippen LogP contribution >= 0.6 is 0 Å². The van der Waals surface area contributed by atoms with Gasteiger partial charge in [0.05, 0.1) is 11.4 Å². The summed E-state index contributed by atoms with van der Waals surface area (Å²) < 4.78 is 40.4. The molecule has 4 rings (SSSR count). The van der Waals surface area contributed by atoms with Crippen molar-refractivity contribution >= 4 is 23.2 Å². The van der Waals surface area contributed by atoms with E-state index in [4.69, 9.17) is 0 Å². The molecule has 0 aliphatic carbocycles. The Bertz CT molecular complexity index is 978. The van der Waals surface area contributed by atoms with Gasteiger partial charge in [0.15, 0.2) is 23.7 Å². The Morgan fingerprint density at radius 3 is 2.27 bits per heavy atom. The molecular weight excluding hydrogens is 349 g/mol. The van der Waals surface area contributed by atoms with E-state index < -0.39 is 41.3 Å². The number of fused-ring (bicyclic) bond motifs is 1. The Kier molecular flexibility index (Phi) is 3.53. The summed E-state index contributed by atoms with van der Waals surface area (Å²) in [5.74, 6) is -4.17. The number of carbonyl (C=O) groups excluding carboxylic acids is 2. The highest BCUT2D eigenvalue weighted by molar-refractivity contribution is 6.26. The van der Waals surface area contributed by atoms with Gasteiger partial charge in [0, 0.05) is 6.07 Å². The molecule has 0 radical (unpaired) electrons. The Hall–Kier alpha value is -3.23. The van der Waals surface area contributed by atoms with E-state index in [1.807, 2.05) is 0 Å². The van der Waals surface area contributed by atoms with Crippen molar-refractivity contribution in [2.45, 2.75) is 19.0 Å². The summed E-state index contributed by atoms with van der Waals surface area (Å²) in [6.07, 6.45) is 0. The fourth-order valence-electron chi connectivity index (χ4n) is 2.98. The van der Waals surface area contributed by atoms with E-state index in [2.05, 4.69) is 10.3 Å². The number of aryl methyl sites for hydroxylation is 1. The number of amides is 2. The summed E-state index contributed by atoms with van der Waals surface area (Å²) in [5.41, 5.74) is 0.579. The summed E-state index contributed by atoms with van der Waals surface area (Å²) in [4.78, 5) is 26.0. The van der Waals surface area contributed by atoms with Gasteiger partial charge >= 0.3 is 0 Å². The molecule has 0 aromatic heterocycles. The number of hydrogen-bond acceptors (Lipinski definition) is 5. The molecule has 2 aromatic carbocycles. The highest BCUT2D eigenvalue weighted by atomic mass is 19.2. The zero-order valence-corrected chi connectivity index (χ0v) is 13.4. The summed E-state index contributed by atoms with van der Waals surface area (Å²) in [7, 11) is 0. The average molecular weight is 360 g/mol. The predicted octanol–water partition coefficient (Wildman–Crippen LogP) is 2.91. The van der Waals surface area contributed by atoms with Gasteiger partial charge in [-0.2, -0.15) is 5.11 Å². The molecule has 0 unspecified atom stereocenters. The number of nitrogens with zero attached hydrogens (tertiary/aromatic N) is 4. The molecule has 0 spiro atoms. The summed E-state index contributed by atoms with van der Waals surface area (Å²) >= 11 is 0. The largest absolute Gasteiger partial charge is 0.271 e. The normalized spacial score (nSPS) is 21.7. The molecular formula is C17H11F3N4O2.